The van der Waals surface area contributed by atoms with Crippen molar-refractivity contribution >= 4 is 43.4 Å². The predicted octanol–water partition coefficient (Wildman–Crippen LogP) is 5.68. The van der Waals surface area contributed by atoms with Crippen LogP contribution in [0.5, 0.6) is 0 Å². The summed E-state index contributed by atoms with van der Waals surface area (Å²) in [5.41, 5.74) is 2.08. The molecule has 6 rings (SSSR count). The van der Waals surface area contributed by atoms with E-state index < -0.39 is 0 Å². The number of hydrogen-bond donors (Lipinski definition) is 0. The van der Waals surface area contributed by atoms with Crippen molar-refractivity contribution in [2.75, 3.05) is 31.1 Å². The fourth-order valence-corrected chi connectivity index (χ4v) is 6.88. The number of benzene rings is 2. The van der Waals surface area contributed by atoms with Crippen molar-refractivity contribution in [3.8, 4) is 0 Å². The first-order valence-corrected chi connectivity index (χ1v) is 13.4. The summed E-state index contributed by atoms with van der Waals surface area (Å²) in [5, 5.41) is 0.580. The SMILES string of the molecule is O=C(C1CCN(c2ncnc3c2sc2cccc(F)c23)CC1)N1CCC(Cc2ccccc2)CC1. The van der Waals surface area contributed by atoms with Gasteiger partial charge in [0.1, 0.15) is 18.0 Å². The molecule has 4 heterocycles. The van der Waals surface area contributed by atoms with Gasteiger partial charge >= 0.3 is 0 Å². The monoisotopic (exact) mass is 488 g/mol. The Bertz CT molecular complexity index is 1340. The van der Waals surface area contributed by atoms with Gasteiger partial charge in [-0.3, -0.25) is 4.79 Å². The van der Waals surface area contributed by atoms with Gasteiger partial charge in [0.15, 0.2) is 0 Å². The lowest BCUT2D eigenvalue weighted by molar-refractivity contribution is -0.137. The molecule has 0 bridgehead atoms. The van der Waals surface area contributed by atoms with E-state index in [0.717, 1.165) is 73.5 Å². The number of fused-ring (bicyclic) bond motifs is 3. The van der Waals surface area contributed by atoms with Gasteiger partial charge in [0, 0.05) is 36.8 Å². The molecule has 5 nitrogen and oxygen atoms in total. The Hall–Kier alpha value is -3.06. The largest absolute Gasteiger partial charge is 0.355 e. The van der Waals surface area contributed by atoms with Crippen LogP contribution in [0.25, 0.3) is 20.3 Å². The molecular formula is C28H29FN4OS. The van der Waals surface area contributed by atoms with E-state index in [9.17, 15) is 9.18 Å². The molecule has 35 heavy (non-hydrogen) atoms. The summed E-state index contributed by atoms with van der Waals surface area (Å²) < 4.78 is 16.3. The summed E-state index contributed by atoms with van der Waals surface area (Å²) in [7, 11) is 0. The van der Waals surface area contributed by atoms with Gasteiger partial charge in [-0.2, -0.15) is 0 Å². The molecule has 2 saturated heterocycles. The number of carbonyl (C=O) groups excluding carboxylic acids is 1. The molecule has 2 aromatic heterocycles. The fraction of sp³-hybridized carbons (Fsp3) is 0.393. The molecule has 0 unspecified atom stereocenters. The van der Waals surface area contributed by atoms with Crippen molar-refractivity contribution in [3.05, 3.63) is 66.2 Å². The maximum atomic E-state index is 14.5. The van der Waals surface area contributed by atoms with Crippen LogP contribution >= 0.6 is 11.3 Å². The summed E-state index contributed by atoms with van der Waals surface area (Å²) in [6, 6.07) is 15.8. The summed E-state index contributed by atoms with van der Waals surface area (Å²) in [6.07, 6.45) is 6.46. The third-order valence-corrected chi connectivity index (χ3v) is 8.79. The van der Waals surface area contributed by atoms with E-state index in [0.29, 0.717) is 22.7 Å². The molecule has 2 aromatic carbocycles. The summed E-state index contributed by atoms with van der Waals surface area (Å²) >= 11 is 1.54. The quantitative estimate of drug-likeness (QED) is 0.371. The Morgan fingerprint density at radius 1 is 0.943 bits per heavy atom. The lowest BCUT2D eigenvalue weighted by atomic mass is 9.88. The number of thiophene rings is 1. The van der Waals surface area contributed by atoms with Crippen LogP contribution in [0.1, 0.15) is 31.2 Å². The van der Waals surface area contributed by atoms with E-state index in [1.807, 2.05) is 6.07 Å². The van der Waals surface area contributed by atoms with Gasteiger partial charge in [-0.15, -0.1) is 11.3 Å². The van der Waals surface area contributed by atoms with Crippen molar-refractivity contribution < 1.29 is 9.18 Å². The second-order valence-corrected chi connectivity index (χ2v) is 10.9. The number of hydrogen-bond acceptors (Lipinski definition) is 5. The number of nitrogens with zero attached hydrogens (tertiary/aromatic N) is 4. The summed E-state index contributed by atoms with van der Waals surface area (Å²) in [5.74, 6) is 1.68. The maximum Gasteiger partial charge on any atom is 0.225 e. The first kappa shape index (κ1) is 22.4. The minimum Gasteiger partial charge on any atom is -0.355 e. The number of halogens is 1. The van der Waals surface area contributed by atoms with Crippen LogP contribution in [0.3, 0.4) is 0 Å². The average molecular weight is 489 g/mol. The first-order chi connectivity index (χ1) is 17.2. The third-order valence-electron chi connectivity index (χ3n) is 7.65. The lowest BCUT2D eigenvalue weighted by Gasteiger charge is -2.37. The number of piperidine rings is 2. The van der Waals surface area contributed by atoms with Crippen LogP contribution < -0.4 is 4.90 Å². The highest BCUT2D eigenvalue weighted by Crippen LogP contribution is 2.39. The zero-order valence-corrected chi connectivity index (χ0v) is 20.5. The molecule has 1 amide bonds. The van der Waals surface area contributed by atoms with Crippen LogP contribution in [0.2, 0.25) is 0 Å². The Morgan fingerprint density at radius 3 is 2.49 bits per heavy atom. The standard InChI is InChI=1S/C28H29FN4OS/c29-22-7-4-8-23-24(22)25-26(35-23)27(31-18-30-25)32-15-11-21(12-16-32)28(34)33-13-9-20(10-14-33)17-19-5-2-1-3-6-19/h1-8,18,20-21H,9-17H2. The van der Waals surface area contributed by atoms with Gasteiger partial charge in [-0.25, -0.2) is 14.4 Å². The maximum absolute atomic E-state index is 14.5. The summed E-state index contributed by atoms with van der Waals surface area (Å²) in [4.78, 5) is 26.6. The number of anilines is 1. The van der Waals surface area contributed by atoms with E-state index >= 15 is 0 Å². The van der Waals surface area contributed by atoms with E-state index in [-0.39, 0.29) is 11.7 Å². The molecule has 0 aliphatic carbocycles. The molecule has 0 N–H and O–H groups in total. The molecule has 0 radical (unpaired) electrons. The Balaban J connectivity index is 1.08. The van der Waals surface area contributed by atoms with Crippen LogP contribution in [0.4, 0.5) is 10.2 Å². The Morgan fingerprint density at radius 2 is 1.71 bits per heavy atom. The molecule has 0 saturated carbocycles. The Kier molecular flexibility index (Phi) is 6.10. The molecule has 7 heteroatoms. The molecule has 2 fully saturated rings. The topological polar surface area (TPSA) is 49.3 Å². The smallest absolute Gasteiger partial charge is 0.225 e. The number of rotatable bonds is 4. The van der Waals surface area contributed by atoms with Crippen LogP contribution in [-0.2, 0) is 11.2 Å². The number of amides is 1. The van der Waals surface area contributed by atoms with Gasteiger partial charge in [-0.1, -0.05) is 36.4 Å². The van der Waals surface area contributed by atoms with Crippen LogP contribution in [0.15, 0.2) is 54.9 Å². The minimum atomic E-state index is -0.241. The van der Waals surface area contributed by atoms with Crippen molar-refractivity contribution in [2.24, 2.45) is 11.8 Å². The van der Waals surface area contributed by atoms with Crippen LogP contribution in [0, 0.1) is 17.7 Å². The minimum absolute atomic E-state index is 0.0779. The van der Waals surface area contributed by atoms with Gasteiger partial charge in [0.2, 0.25) is 5.91 Å². The molecule has 0 spiro atoms. The highest BCUT2D eigenvalue weighted by molar-refractivity contribution is 7.26. The Labute approximate surface area is 208 Å². The molecule has 2 aliphatic rings. The van der Waals surface area contributed by atoms with Crippen LogP contribution in [-0.4, -0.2) is 47.0 Å². The number of aromatic nitrogens is 2. The highest BCUT2D eigenvalue weighted by Gasteiger charge is 2.32. The van der Waals surface area contributed by atoms with Gasteiger partial charge in [-0.05, 0) is 55.7 Å². The van der Waals surface area contributed by atoms with Gasteiger partial charge < -0.3 is 9.80 Å². The molecule has 180 valence electrons. The van der Waals surface area contributed by atoms with E-state index in [4.69, 9.17) is 0 Å². The van der Waals surface area contributed by atoms with Gasteiger partial charge in [0.25, 0.3) is 0 Å². The van der Waals surface area contributed by atoms with Crippen molar-refractivity contribution in [2.45, 2.75) is 32.1 Å². The number of likely N-dealkylation sites (tertiary alicyclic amines) is 1. The second-order valence-electron chi connectivity index (χ2n) is 9.81. The van der Waals surface area contributed by atoms with Crippen molar-refractivity contribution in [1.29, 1.82) is 0 Å². The third kappa shape index (κ3) is 4.38. The molecular weight excluding hydrogens is 459 g/mol. The normalized spacial score (nSPS) is 18.0. The fourth-order valence-electron chi connectivity index (χ4n) is 5.69. The average Bonchev–Trinajstić information content (AvgIpc) is 3.30. The zero-order chi connectivity index (χ0) is 23.8. The first-order valence-electron chi connectivity index (χ1n) is 12.6. The van der Waals surface area contributed by atoms with E-state index in [1.54, 1.807) is 17.4 Å². The van der Waals surface area contributed by atoms with E-state index in [2.05, 4.69) is 50.1 Å². The highest BCUT2D eigenvalue weighted by atomic mass is 32.1. The summed E-state index contributed by atoms with van der Waals surface area (Å²) in [6.45, 7) is 3.31. The molecule has 2 aliphatic heterocycles. The van der Waals surface area contributed by atoms with Gasteiger partial charge in [0.05, 0.1) is 15.6 Å². The zero-order valence-electron chi connectivity index (χ0n) is 19.7. The lowest BCUT2D eigenvalue weighted by Crippen LogP contribution is -2.45. The molecule has 0 atom stereocenters. The second kappa shape index (κ2) is 9.53. The number of carbonyl (C=O) groups is 1. The van der Waals surface area contributed by atoms with Crippen molar-refractivity contribution in [3.63, 3.8) is 0 Å². The van der Waals surface area contributed by atoms with E-state index in [1.165, 1.54) is 18.0 Å². The molecule has 4 aromatic rings. The van der Waals surface area contributed by atoms with Crippen molar-refractivity contribution in [1.82, 2.24) is 14.9 Å². The predicted molar refractivity (Wildman–Crippen MR) is 139 cm³/mol.